The predicted octanol–water partition coefficient (Wildman–Crippen LogP) is 26.1. The van der Waals surface area contributed by atoms with Crippen LogP contribution in [0.3, 0.4) is 0 Å². The molecule has 144 heavy (non-hydrogen) atoms. The lowest BCUT2D eigenvalue weighted by atomic mass is 9.95. The van der Waals surface area contributed by atoms with E-state index < -0.39 is 52.0 Å². The highest BCUT2D eigenvalue weighted by molar-refractivity contribution is 9.10. The van der Waals surface area contributed by atoms with Gasteiger partial charge in [0, 0.05) is 95.9 Å². The van der Waals surface area contributed by atoms with Gasteiger partial charge < -0.3 is 88.5 Å². The summed E-state index contributed by atoms with van der Waals surface area (Å²) in [6.07, 6.45) is -0.237. The Hall–Kier alpha value is -13.3. The zero-order valence-corrected chi connectivity index (χ0v) is 87.3. The zero-order valence-electron chi connectivity index (χ0n) is 78.7. The first kappa shape index (κ1) is 111. The van der Waals surface area contributed by atoms with Crippen molar-refractivity contribution in [3.05, 3.63) is 302 Å². The Morgan fingerprint density at radius 3 is 1.13 bits per heavy atom. The van der Waals surface area contributed by atoms with Crippen LogP contribution in [0.25, 0.3) is 120 Å². The Bertz CT molecular complexity index is 7450. The molecule has 2 aromatic heterocycles. The molecule has 15 aromatic carbocycles. The first-order chi connectivity index (χ1) is 68.2. The number of nitrogen functional groups attached to an aromatic ring is 4. The molecular formula is C103H92BBrCl6F5N12O13S3. The average Bonchev–Trinajstić information content (AvgIpc) is 1.51. The monoisotopic (exact) mass is 2200 g/mol. The van der Waals surface area contributed by atoms with E-state index in [1.165, 1.54) is 25.3 Å². The lowest BCUT2D eigenvalue weighted by Gasteiger charge is -2.36. The van der Waals surface area contributed by atoms with Gasteiger partial charge in [-0.2, -0.15) is 8.75 Å². The number of primary amides is 2. The number of hydrogen-bond donors (Lipinski definition) is 9. The Labute approximate surface area is 876 Å². The SMILES string of the molecule is CC(C)(C)[N+](=O)[O-].CN(C(=O)OC(C)(C)C)C1CNC1.COc1cc(-c2c(Cl)cc(C(N)=O)c(N)c2F)c2ccccc2c1.COc1cc(-c2c(Cl)cc(C(N)=S)c(N)c2F)c2ccccc2c1.COc1cc(-c2c(Cl)cc3c(Cl)snc3c2F)c2ccccc2c1.COc1cc(-c2c(Cl)cc3c(N)snc3c2F)c2ccccc2c1.COc1cc(O[B]O)c2ccccc2c1.NC(=O)c1cc(Cl)c(Br)c(F)c1N. The molecule has 1 aliphatic rings. The highest BCUT2D eigenvalue weighted by Gasteiger charge is 2.31. The Kier molecular flexibility index (Phi) is 37.4. The number of benzene rings is 15. The largest absolute Gasteiger partial charge is 0.569 e. The molecule has 3 heterocycles. The molecule has 0 bridgehead atoms. The number of ether oxygens (including phenoxy) is 6. The van der Waals surface area contributed by atoms with Crippen molar-refractivity contribution in [2.24, 2.45) is 17.2 Å². The van der Waals surface area contributed by atoms with Crippen LogP contribution in [-0.4, -0.2) is 127 Å². The Morgan fingerprint density at radius 1 is 0.472 bits per heavy atom. The van der Waals surface area contributed by atoms with Crippen LogP contribution in [0, 0.1) is 39.2 Å². The van der Waals surface area contributed by atoms with Crippen LogP contribution in [0.5, 0.6) is 34.5 Å². The lowest BCUT2D eigenvalue weighted by molar-refractivity contribution is -0.555. The summed E-state index contributed by atoms with van der Waals surface area (Å²) in [5, 5.41) is 33.0. The summed E-state index contributed by atoms with van der Waals surface area (Å²) in [4.78, 5) is 44.8. The lowest BCUT2D eigenvalue weighted by Crippen LogP contribution is -2.58. The standard InChI is InChI=1S/C18H10Cl2FNOS.C18H14ClFN2O2.C18H12ClFN2OS.C18H14ClFN2OS.C11H10BO3.C9H18N2O2.C7H5BrClFN2O.C4H9NO2/c1-23-10-6-9-4-2-3-5-11(9)12(7-10)15-14(19)8-13-17(16(15)21)22-24-18(13)20;1-24-10-6-9-4-2-3-5-11(9)12(7-10)15-14(19)8-13(18(22)23)17(21)16(15)20;1-23-10-6-9-4-2-3-5-11(9)12(7-10)15-14(19)8-13-17(16(15)20)22-24-18(13)21;1-23-10-6-9-4-2-3-5-11(9)12(7-10)15-14(19)8-13(18(22)24)17(21)16(15)20;1-14-9-6-8-4-2-3-5-10(8)11(7-9)15-12-13;1-9(2,3)13-8(12)11(4)7-5-10-6-7;8-4-3(9)1-2(7(12)13)6(11)5(4)10;1-4(2,3)5(6)7/h2-8H,1H3;2-8H,21H2,1H3,(H2,22,23);2-8H,21H2,1H3;2-8H,21H2,1H3,(H2,22,24);2-7,13H,1H3;7,10H,5-6H2,1-4H3;1H,11H2,(H2,12,13);1-3H3. The van der Waals surface area contributed by atoms with Crippen molar-refractivity contribution in [1.29, 1.82) is 0 Å². The molecule has 1 aliphatic heterocycles. The summed E-state index contributed by atoms with van der Waals surface area (Å²) in [6.45, 7) is 12.0. The highest BCUT2D eigenvalue weighted by atomic mass is 79.9. The number of likely N-dealkylation sites (N-methyl/N-ethyl adjacent to an activating group) is 1. The summed E-state index contributed by atoms with van der Waals surface area (Å²) in [5.41, 5.74) is 40.4. The minimum atomic E-state index is -0.838. The van der Waals surface area contributed by atoms with Crippen LogP contribution in [0.4, 0.5) is 48.8 Å². The first-order valence-corrected chi connectivity index (χ1v) is 47.8. The second kappa shape index (κ2) is 48.4. The number of carbonyl (C=O) groups is 3. The van der Waals surface area contributed by atoms with Crippen molar-refractivity contribution in [3.63, 3.8) is 0 Å². The number of hydrogen-bond acceptors (Lipinski definition) is 23. The molecule has 0 spiro atoms. The molecule has 41 heteroatoms. The summed E-state index contributed by atoms with van der Waals surface area (Å²) in [6, 6.07) is 63.9. The maximum atomic E-state index is 15.2. The third-order valence-corrected chi connectivity index (χ3v) is 26.4. The summed E-state index contributed by atoms with van der Waals surface area (Å²) >= 11 is 46.9. The van der Waals surface area contributed by atoms with E-state index in [9.17, 15) is 37.7 Å². The van der Waals surface area contributed by atoms with Gasteiger partial charge >= 0.3 is 13.8 Å². The van der Waals surface area contributed by atoms with E-state index in [2.05, 4.69) is 30.0 Å². The topological polar surface area (TPSA) is 402 Å². The molecule has 0 aliphatic carbocycles. The van der Waals surface area contributed by atoms with Crippen LogP contribution < -0.4 is 73.8 Å². The molecule has 16 N–H and O–H groups in total. The minimum Gasteiger partial charge on any atom is -0.537 e. The number of thiocarbonyl (C=S) groups is 1. The van der Waals surface area contributed by atoms with E-state index in [-0.39, 0.29) is 91.5 Å². The number of anilines is 4. The second-order valence-corrected chi connectivity index (χ2v) is 38.9. The molecule has 3 amide bonds. The van der Waals surface area contributed by atoms with Crippen LogP contribution in [0.1, 0.15) is 67.8 Å². The highest BCUT2D eigenvalue weighted by Crippen LogP contribution is 2.48. The molecule has 0 saturated carbocycles. The van der Waals surface area contributed by atoms with Crippen LogP contribution in [0.2, 0.25) is 29.4 Å². The van der Waals surface area contributed by atoms with Crippen molar-refractivity contribution < 1.29 is 79.4 Å². The zero-order chi connectivity index (χ0) is 106. The number of carbonyl (C=O) groups excluding carboxylic acids is 3. The third kappa shape index (κ3) is 25.7. The average molecular weight is 2200 g/mol. The van der Waals surface area contributed by atoms with Gasteiger partial charge in [-0.15, -0.1) is 0 Å². The van der Waals surface area contributed by atoms with Crippen molar-refractivity contribution in [3.8, 4) is 79.0 Å². The predicted molar refractivity (Wildman–Crippen MR) is 581 cm³/mol. The molecule has 1 fully saturated rings. The molecule has 1 saturated heterocycles. The molecule has 747 valence electrons. The van der Waals surface area contributed by atoms with E-state index >= 15 is 8.78 Å². The van der Waals surface area contributed by atoms with Crippen LogP contribution in [0.15, 0.2) is 217 Å². The fourth-order valence-corrected chi connectivity index (χ4v) is 17.8. The van der Waals surface area contributed by atoms with Crippen molar-refractivity contribution >= 4 is 249 Å². The fourth-order valence-electron chi connectivity index (χ4n) is 14.5. The second-order valence-electron chi connectivity index (χ2n) is 33.4. The maximum Gasteiger partial charge on any atom is 0.569 e. The smallest absolute Gasteiger partial charge is 0.537 e. The maximum absolute atomic E-state index is 15.2. The molecule has 1 radical (unpaired) electrons. The molecule has 25 nitrogen and oxygen atoms in total. The van der Waals surface area contributed by atoms with E-state index in [1.54, 1.807) is 104 Å². The van der Waals surface area contributed by atoms with E-state index in [0.717, 1.165) is 90.0 Å². The van der Waals surface area contributed by atoms with Crippen LogP contribution >= 0.6 is 121 Å². The van der Waals surface area contributed by atoms with Gasteiger partial charge in [0.2, 0.25) is 5.54 Å². The number of rotatable bonds is 15. The minimum absolute atomic E-state index is 0.00431. The van der Waals surface area contributed by atoms with Crippen molar-refractivity contribution in [2.45, 2.75) is 58.7 Å². The molecule has 18 rings (SSSR count). The number of aromatic nitrogens is 2. The number of fused-ring (bicyclic) bond motifs is 7. The molecule has 0 unspecified atom stereocenters. The summed E-state index contributed by atoms with van der Waals surface area (Å²) in [5.74, 6) is -1.11. The van der Waals surface area contributed by atoms with Crippen LogP contribution in [-0.2, 0) is 4.74 Å². The van der Waals surface area contributed by atoms with E-state index in [4.69, 9.17) is 160 Å². The fraction of sp³-hybridized carbons (Fsp3) is 0.165. The van der Waals surface area contributed by atoms with Gasteiger partial charge in [0.1, 0.15) is 65.5 Å². The van der Waals surface area contributed by atoms with E-state index in [1.807, 2.05) is 172 Å². The van der Waals surface area contributed by atoms with Gasteiger partial charge in [0.05, 0.1) is 99.4 Å². The molecule has 17 aromatic rings. The number of halogens is 12. The van der Waals surface area contributed by atoms with Gasteiger partial charge in [0.25, 0.3) is 11.8 Å². The number of nitrogens with one attached hydrogen (secondary N) is 1. The molecular weight excluding hydrogens is 2110 g/mol. The number of methoxy groups -OCH3 is 5. The van der Waals surface area contributed by atoms with Gasteiger partial charge in [-0.3, -0.25) is 19.7 Å². The summed E-state index contributed by atoms with van der Waals surface area (Å²) < 4.78 is 119. The number of nitrogens with two attached hydrogens (primary N) is 7. The Morgan fingerprint density at radius 2 is 0.785 bits per heavy atom. The van der Waals surface area contributed by atoms with Gasteiger partial charge in [-0.1, -0.05) is 203 Å². The Balaban J connectivity index is 0.000000160. The number of nitrogens with zero attached hydrogens (tertiary/aromatic N) is 4. The van der Waals surface area contributed by atoms with Gasteiger partial charge in [-0.25, -0.2) is 26.7 Å². The van der Waals surface area contributed by atoms with Crippen molar-refractivity contribution in [2.75, 3.05) is 78.6 Å². The van der Waals surface area contributed by atoms with Gasteiger partial charge in [-0.05, 0) is 215 Å². The van der Waals surface area contributed by atoms with Crippen molar-refractivity contribution in [1.82, 2.24) is 19.0 Å². The number of nitro groups is 1. The summed E-state index contributed by atoms with van der Waals surface area (Å²) in [7, 11) is 10.3. The molecule has 0 atom stereocenters. The third-order valence-electron chi connectivity index (χ3n) is 21.9. The van der Waals surface area contributed by atoms with Gasteiger partial charge in [0.15, 0.2) is 29.1 Å². The quantitative estimate of drug-likeness (QED) is 0.00875. The van der Waals surface area contributed by atoms with E-state index in [0.29, 0.717) is 112 Å². The normalized spacial score (nSPS) is 11.5. The first-order valence-electron chi connectivity index (χ1n) is 42.8. The number of amides is 3.